The third-order valence-corrected chi connectivity index (χ3v) is 1.39. The lowest BCUT2D eigenvalue weighted by Crippen LogP contribution is -1.93. The third kappa shape index (κ3) is 1.65. The van der Waals surface area contributed by atoms with Crippen LogP contribution < -0.4 is 5.32 Å². The van der Waals surface area contributed by atoms with Gasteiger partial charge in [0.05, 0.1) is 6.20 Å². The van der Waals surface area contributed by atoms with Crippen molar-refractivity contribution in [2.45, 2.75) is 0 Å². The summed E-state index contributed by atoms with van der Waals surface area (Å²) in [5.74, 6) is 0.878. The van der Waals surface area contributed by atoms with Gasteiger partial charge in [-0.2, -0.15) is 4.98 Å². The van der Waals surface area contributed by atoms with Crippen LogP contribution in [0.25, 0.3) is 0 Å². The molecule has 1 rings (SSSR count). The highest BCUT2D eigenvalue weighted by Crippen LogP contribution is 2.18. The van der Waals surface area contributed by atoms with Crippen LogP contribution in [-0.4, -0.2) is 23.7 Å². The lowest BCUT2D eigenvalue weighted by atomic mass is 10.6. The smallest absolute Gasteiger partial charge is 0.250 e. The van der Waals surface area contributed by atoms with E-state index in [1.807, 2.05) is 0 Å². The van der Waals surface area contributed by atoms with Crippen LogP contribution in [0.5, 0.6) is 0 Å². The highest BCUT2D eigenvalue weighted by Gasteiger charge is 2.00. The fourth-order valence-corrected chi connectivity index (χ4v) is 0.795. The molecule has 0 aliphatic rings. The molecule has 0 saturated carbocycles. The van der Waals surface area contributed by atoms with Crippen molar-refractivity contribution in [2.75, 3.05) is 12.4 Å². The summed E-state index contributed by atoms with van der Waals surface area (Å²) >= 11 is 5.70. The maximum absolute atomic E-state index is 5.70. The topological polar surface area (TPSA) is 50.2 Å². The summed E-state index contributed by atoms with van der Waals surface area (Å²) in [7, 11) is 1.72. The van der Waals surface area contributed by atoms with Crippen molar-refractivity contribution in [2.24, 2.45) is 4.99 Å². The van der Waals surface area contributed by atoms with Gasteiger partial charge in [0.15, 0.2) is 0 Å². The van der Waals surface area contributed by atoms with Gasteiger partial charge in [0, 0.05) is 7.05 Å². The van der Waals surface area contributed by atoms with Crippen molar-refractivity contribution in [3.8, 4) is 0 Å². The lowest BCUT2D eigenvalue weighted by molar-refractivity contribution is 1.14. The third-order valence-electron chi connectivity index (χ3n) is 1.11. The molecule has 0 aromatic carbocycles. The zero-order chi connectivity index (χ0) is 8.27. The monoisotopic (exact) mass is 170 g/mol. The van der Waals surface area contributed by atoms with E-state index in [-0.39, 0.29) is 0 Å². The van der Waals surface area contributed by atoms with Gasteiger partial charge in [0.25, 0.3) is 5.95 Å². The molecular formula is C6H7ClN4. The van der Waals surface area contributed by atoms with Gasteiger partial charge in [-0.1, -0.05) is 11.6 Å². The van der Waals surface area contributed by atoms with Gasteiger partial charge in [-0.3, -0.25) is 0 Å². The molecule has 0 radical (unpaired) electrons. The van der Waals surface area contributed by atoms with E-state index in [0.29, 0.717) is 16.8 Å². The molecule has 1 N–H and O–H groups in total. The van der Waals surface area contributed by atoms with Gasteiger partial charge in [-0.15, -0.1) is 0 Å². The van der Waals surface area contributed by atoms with E-state index < -0.39 is 0 Å². The summed E-state index contributed by atoms with van der Waals surface area (Å²) in [6.07, 6.45) is 1.48. The van der Waals surface area contributed by atoms with E-state index in [1.54, 1.807) is 7.05 Å². The molecule has 58 valence electrons. The Bertz CT molecular complexity index is 273. The first kappa shape index (κ1) is 7.94. The van der Waals surface area contributed by atoms with Gasteiger partial charge < -0.3 is 5.32 Å². The summed E-state index contributed by atoms with van der Waals surface area (Å²) in [5.41, 5.74) is 0. The normalized spacial score (nSPS) is 9.27. The molecule has 0 fully saturated rings. The zero-order valence-electron chi connectivity index (χ0n) is 6.00. The molecule has 1 aromatic rings. The van der Waals surface area contributed by atoms with Crippen molar-refractivity contribution in [3.05, 3.63) is 11.2 Å². The van der Waals surface area contributed by atoms with Crippen LogP contribution in [0.2, 0.25) is 5.02 Å². The molecule has 0 aliphatic heterocycles. The Labute approximate surface area is 69.3 Å². The van der Waals surface area contributed by atoms with Gasteiger partial charge in [-0.05, 0) is 6.72 Å². The van der Waals surface area contributed by atoms with E-state index in [4.69, 9.17) is 11.6 Å². The van der Waals surface area contributed by atoms with E-state index in [2.05, 4.69) is 27.0 Å². The molecule has 0 bridgehead atoms. The Morgan fingerprint density at radius 1 is 1.73 bits per heavy atom. The van der Waals surface area contributed by atoms with E-state index >= 15 is 0 Å². The molecule has 0 amide bonds. The average molecular weight is 171 g/mol. The lowest BCUT2D eigenvalue weighted by Gasteiger charge is -2.00. The molecule has 4 nitrogen and oxygen atoms in total. The minimum Gasteiger partial charge on any atom is -0.372 e. The van der Waals surface area contributed by atoms with Crippen molar-refractivity contribution < 1.29 is 0 Å². The predicted molar refractivity (Wildman–Crippen MR) is 45.8 cm³/mol. The van der Waals surface area contributed by atoms with Crippen LogP contribution in [0.4, 0.5) is 11.8 Å². The first-order valence-electron chi connectivity index (χ1n) is 2.95. The Morgan fingerprint density at radius 2 is 2.45 bits per heavy atom. The fourth-order valence-electron chi connectivity index (χ4n) is 0.609. The second-order valence-electron chi connectivity index (χ2n) is 1.77. The van der Waals surface area contributed by atoms with Gasteiger partial charge in [0.2, 0.25) is 0 Å². The molecule has 0 saturated heterocycles. The molecule has 0 aliphatic carbocycles. The van der Waals surface area contributed by atoms with Crippen molar-refractivity contribution in [3.63, 3.8) is 0 Å². The van der Waals surface area contributed by atoms with E-state index in [9.17, 15) is 0 Å². The number of nitrogens with one attached hydrogen (secondary N) is 1. The van der Waals surface area contributed by atoms with Crippen LogP contribution >= 0.6 is 11.6 Å². The van der Waals surface area contributed by atoms with Crippen LogP contribution in [0.1, 0.15) is 0 Å². The summed E-state index contributed by atoms with van der Waals surface area (Å²) in [5, 5.41) is 3.27. The predicted octanol–water partition coefficient (Wildman–Crippen LogP) is 1.50. The van der Waals surface area contributed by atoms with Gasteiger partial charge in [0.1, 0.15) is 10.8 Å². The van der Waals surface area contributed by atoms with Crippen LogP contribution in [0.15, 0.2) is 11.2 Å². The molecule has 0 unspecified atom stereocenters. The van der Waals surface area contributed by atoms with Crippen LogP contribution in [0, 0.1) is 0 Å². The standard InChI is InChI=1S/C6H7ClN4/c1-8-5-4(7)3-10-6(9-2)11-5/h3H,2H2,1H3,(H,8,10,11). The number of hydrogen-bond donors (Lipinski definition) is 1. The van der Waals surface area contributed by atoms with E-state index in [1.165, 1.54) is 6.20 Å². The number of rotatable bonds is 2. The average Bonchev–Trinajstić information content (AvgIpc) is 2.05. The molecular weight excluding hydrogens is 164 g/mol. The van der Waals surface area contributed by atoms with Crippen LogP contribution in [-0.2, 0) is 0 Å². The van der Waals surface area contributed by atoms with Gasteiger partial charge in [-0.25, -0.2) is 9.98 Å². The number of nitrogens with zero attached hydrogens (tertiary/aromatic N) is 3. The summed E-state index contributed by atoms with van der Waals surface area (Å²) in [6, 6.07) is 0. The first-order chi connectivity index (χ1) is 5.27. The first-order valence-corrected chi connectivity index (χ1v) is 3.32. The minimum atomic E-state index is 0.318. The van der Waals surface area contributed by atoms with Crippen molar-refractivity contribution >= 4 is 30.1 Å². The highest BCUT2D eigenvalue weighted by atomic mass is 35.5. The minimum absolute atomic E-state index is 0.318. The number of aliphatic imine (C=N–C) groups is 1. The number of halogens is 1. The molecule has 1 aromatic heterocycles. The largest absolute Gasteiger partial charge is 0.372 e. The molecule has 0 spiro atoms. The maximum atomic E-state index is 5.70. The fraction of sp³-hybridized carbons (Fsp3) is 0.167. The highest BCUT2D eigenvalue weighted by molar-refractivity contribution is 6.32. The zero-order valence-corrected chi connectivity index (χ0v) is 6.76. The quantitative estimate of drug-likeness (QED) is 0.685. The summed E-state index contributed by atoms with van der Waals surface area (Å²) in [4.78, 5) is 11.3. The Morgan fingerprint density at radius 3 is 3.00 bits per heavy atom. The Hall–Kier alpha value is -1.16. The second-order valence-corrected chi connectivity index (χ2v) is 2.18. The molecule has 0 atom stereocenters. The molecule has 11 heavy (non-hydrogen) atoms. The Kier molecular flexibility index (Phi) is 2.38. The van der Waals surface area contributed by atoms with Crippen molar-refractivity contribution in [1.29, 1.82) is 0 Å². The summed E-state index contributed by atoms with van der Waals surface area (Å²) < 4.78 is 0. The Balaban J connectivity index is 3.12. The number of anilines is 1. The molecule has 1 heterocycles. The number of aromatic nitrogens is 2. The van der Waals surface area contributed by atoms with Gasteiger partial charge >= 0.3 is 0 Å². The van der Waals surface area contributed by atoms with Crippen molar-refractivity contribution in [1.82, 2.24) is 9.97 Å². The van der Waals surface area contributed by atoms with E-state index in [0.717, 1.165) is 0 Å². The van der Waals surface area contributed by atoms with Crippen LogP contribution in [0.3, 0.4) is 0 Å². The second kappa shape index (κ2) is 3.30. The number of hydrogen-bond acceptors (Lipinski definition) is 4. The maximum Gasteiger partial charge on any atom is 0.250 e. The summed E-state index contributed by atoms with van der Waals surface area (Å²) in [6.45, 7) is 3.29. The SMILES string of the molecule is C=Nc1ncc(Cl)c(NC)n1. The molecule has 5 heteroatoms.